The van der Waals surface area contributed by atoms with Crippen LogP contribution in [-0.4, -0.2) is 10.7 Å². The molecule has 1 aromatic carbocycles. The summed E-state index contributed by atoms with van der Waals surface area (Å²) in [6.45, 7) is 21.3. The van der Waals surface area contributed by atoms with Crippen molar-refractivity contribution in [2.75, 3.05) is 0 Å². The van der Waals surface area contributed by atoms with Gasteiger partial charge in [0.05, 0.1) is 0 Å². The summed E-state index contributed by atoms with van der Waals surface area (Å²) < 4.78 is 6.57. The third kappa shape index (κ3) is 6.64. The van der Waals surface area contributed by atoms with Gasteiger partial charge in [0.25, 0.3) is 0 Å². The van der Waals surface area contributed by atoms with E-state index >= 15 is 0 Å². The molecule has 1 aliphatic heterocycles. The van der Waals surface area contributed by atoms with Crippen LogP contribution >= 0.6 is 0 Å². The van der Waals surface area contributed by atoms with Crippen molar-refractivity contribution in [3.05, 3.63) is 63.8 Å². The summed E-state index contributed by atoms with van der Waals surface area (Å²) in [5, 5.41) is 10.5. The molecule has 1 atom stereocenters. The minimum absolute atomic E-state index is 0.261. The van der Waals surface area contributed by atoms with Crippen molar-refractivity contribution < 1.29 is 9.84 Å². The van der Waals surface area contributed by atoms with Crippen molar-refractivity contribution in [2.24, 2.45) is 0 Å². The van der Waals surface area contributed by atoms with E-state index in [2.05, 4.69) is 59.4 Å². The largest absolute Gasteiger partial charge is 0.507 e. The summed E-state index contributed by atoms with van der Waals surface area (Å²) in [7, 11) is 0. The Balaban J connectivity index is 1.95. The molecule has 0 aliphatic carbocycles. The van der Waals surface area contributed by atoms with E-state index in [-0.39, 0.29) is 5.60 Å². The van der Waals surface area contributed by atoms with Crippen LogP contribution in [0.2, 0.25) is 0 Å². The van der Waals surface area contributed by atoms with Gasteiger partial charge in [-0.05, 0) is 111 Å². The molecular formula is C30H44O2. The monoisotopic (exact) mass is 436 g/mol. The first-order valence-electron chi connectivity index (χ1n) is 12.1. The van der Waals surface area contributed by atoms with E-state index in [0.717, 1.165) is 78.5 Å². The number of aromatic hydroxyl groups is 1. The second kappa shape index (κ2) is 11.1. The average Bonchev–Trinajstić information content (AvgIpc) is 2.69. The highest BCUT2D eigenvalue weighted by Crippen LogP contribution is 2.48. The smallest absolute Gasteiger partial charge is 0.131 e. The zero-order valence-corrected chi connectivity index (χ0v) is 21.7. The summed E-state index contributed by atoms with van der Waals surface area (Å²) in [4.78, 5) is 0. The molecule has 1 aromatic rings. The quantitative estimate of drug-likeness (QED) is 0.391. The predicted octanol–water partition coefficient (Wildman–Crippen LogP) is 9.07. The van der Waals surface area contributed by atoms with Gasteiger partial charge >= 0.3 is 0 Å². The lowest BCUT2D eigenvalue weighted by Gasteiger charge is -2.39. The molecule has 0 saturated heterocycles. The molecule has 0 fully saturated rings. The lowest BCUT2D eigenvalue weighted by atomic mass is 9.82. The summed E-state index contributed by atoms with van der Waals surface area (Å²) in [5.41, 5.74) is 8.95. The van der Waals surface area contributed by atoms with Crippen molar-refractivity contribution in [2.45, 2.75) is 106 Å². The lowest BCUT2D eigenvalue weighted by Crippen LogP contribution is -2.36. The van der Waals surface area contributed by atoms with Gasteiger partial charge in [-0.25, -0.2) is 0 Å². The Bertz CT molecular complexity index is 938. The Labute approximate surface area is 196 Å². The molecular weight excluding hydrogens is 392 g/mol. The zero-order valence-electron chi connectivity index (χ0n) is 21.7. The average molecular weight is 437 g/mol. The van der Waals surface area contributed by atoms with Gasteiger partial charge in [-0.1, -0.05) is 41.5 Å². The Morgan fingerprint density at radius 2 is 1.47 bits per heavy atom. The summed E-state index contributed by atoms with van der Waals surface area (Å²) >= 11 is 0. The summed E-state index contributed by atoms with van der Waals surface area (Å²) in [6, 6.07) is 0. The van der Waals surface area contributed by atoms with Crippen molar-refractivity contribution in [3.63, 3.8) is 0 Å². The van der Waals surface area contributed by atoms with Crippen molar-refractivity contribution in [1.29, 1.82) is 0 Å². The third-order valence-electron chi connectivity index (χ3n) is 6.79. The normalized spacial score (nSPS) is 18.9. The fraction of sp³-hybridized carbons (Fsp3) is 0.533. The van der Waals surface area contributed by atoms with Crippen LogP contribution in [0, 0.1) is 20.8 Å². The maximum absolute atomic E-state index is 10.5. The number of phenolic OH excluding ortho intramolecular Hbond substituents is 1. The van der Waals surface area contributed by atoms with E-state index in [1.807, 2.05) is 20.8 Å². The zero-order chi connectivity index (χ0) is 24.1. The number of phenols is 1. The molecule has 1 heterocycles. The Kier molecular flexibility index (Phi) is 9.01. The number of hydrogen-bond acceptors (Lipinski definition) is 2. The molecule has 2 rings (SSSR count). The van der Waals surface area contributed by atoms with Crippen LogP contribution < -0.4 is 4.74 Å². The molecule has 0 bridgehead atoms. The first kappa shape index (κ1) is 26.0. The van der Waals surface area contributed by atoms with Crippen molar-refractivity contribution >= 4 is 5.57 Å². The van der Waals surface area contributed by atoms with Gasteiger partial charge in [-0.3, -0.25) is 0 Å². The fourth-order valence-electron chi connectivity index (χ4n) is 4.58. The lowest BCUT2D eigenvalue weighted by molar-refractivity contribution is 0.0772. The maximum atomic E-state index is 10.5. The van der Waals surface area contributed by atoms with Crippen LogP contribution in [0.4, 0.5) is 0 Å². The van der Waals surface area contributed by atoms with Crippen LogP contribution in [0.15, 0.2) is 41.5 Å². The number of allylic oxidation sites excluding steroid dienone is 6. The molecule has 1 unspecified atom stereocenters. The molecule has 176 valence electrons. The number of fused-ring (bicyclic) bond motifs is 1. The Morgan fingerprint density at radius 3 is 2.06 bits per heavy atom. The minimum Gasteiger partial charge on any atom is -0.507 e. The second-order valence-corrected chi connectivity index (χ2v) is 10.3. The second-order valence-electron chi connectivity index (χ2n) is 10.3. The Morgan fingerprint density at radius 1 is 0.906 bits per heavy atom. The Hall–Kier alpha value is -2.22. The van der Waals surface area contributed by atoms with E-state index in [4.69, 9.17) is 4.74 Å². The SMILES string of the molecule is C=C1CC(C)(CC/C=C(\C)CC/C=C(\C)CCC=C(C)C)Oc2c(C)c(C)c(O)c(C)c21. The van der Waals surface area contributed by atoms with Crippen LogP contribution in [-0.2, 0) is 0 Å². The van der Waals surface area contributed by atoms with Crippen molar-refractivity contribution in [3.8, 4) is 11.5 Å². The molecule has 1 aliphatic rings. The van der Waals surface area contributed by atoms with Crippen LogP contribution in [0.5, 0.6) is 11.5 Å². The molecule has 32 heavy (non-hydrogen) atoms. The van der Waals surface area contributed by atoms with Crippen LogP contribution in [0.1, 0.15) is 102 Å². The summed E-state index contributed by atoms with van der Waals surface area (Å²) in [5.74, 6) is 1.28. The highest BCUT2D eigenvalue weighted by molar-refractivity contribution is 5.78. The van der Waals surface area contributed by atoms with Gasteiger partial charge < -0.3 is 9.84 Å². The van der Waals surface area contributed by atoms with E-state index < -0.39 is 0 Å². The third-order valence-corrected chi connectivity index (χ3v) is 6.79. The number of rotatable bonds is 9. The van der Waals surface area contributed by atoms with Gasteiger partial charge in [0.1, 0.15) is 17.1 Å². The van der Waals surface area contributed by atoms with Gasteiger partial charge in [0.15, 0.2) is 0 Å². The molecule has 0 aromatic heterocycles. The molecule has 0 spiro atoms. The van der Waals surface area contributed by atoms with E-state index in [9.17, 15) is 5.11 Å². The fourth-order valence-corrected chi connectivity index (χ4v) is 4.58. The van der Waals surface area contributed by atoms with Crippen molar-refractivity contribution in [1.82, 2.24) is 0 Å². The van der Waals surface area contributed by atoms with E-state index in [0.29, 0.717) is 5.75 Å². The first-order chi connectivity index (χ1) is 14.9. The molecule has 0 saturated carbocycles. The highest BCUT2D eigenvalue weighted by Gasteiger charge is 2.36. The maximum Gasteiger partial charge on any atom is 0.131 e. The first-order valence-corrected chi connectivity index (χ1v) is 12.1. The number of ether oxygens (including phenoxy) is 1. The molecule has 0 radical (unpaired) electrons. The van der Waals surface area contributed by atoms with E-state index in [1.54, 1.807) is 0 Å². The molecule has 1 N–H and O–H groups in total. The van der Waals surface area contributed by atoms with Crippen LogP contribution in [0.25, 0.3) is 5.57 Å². The minimum atomic E-state index is -0.261. The topological polar surface area (TPSA) is 29.5 Å². The molecule has 2 nitrogen and oxygen atoms in total. The van der Waals surface area contributed by atoms with E-state index in [1.165, 1.54) is 16.7 Å². The molecule has 0 amide bonds. The van der Waals surface area contributed by atoms with Crippen LogP contribution in [0.3, 0.4) is 0 Å². The predicted molar refractivity (Wildman–Crippen MR) is 140 cm³/mol. The number of hydrogen-bond donors (Lipinski definition) is 1. The highest BCUT2D eigenvalue weighted by atomic mass is 16.5. The standard InChI is InChI=1S/C30H44O2/c1-20(2)13-10-14-21(3)15-11-16-22(4)17-12-18-30(9)19-23(5)27-26(8)28(31)24(6)25(7)29(27)32-30/h13,15,17,31H,5,10-12,14,16,18-19H2,1-4,6-9H3/b21-15+,22-17+. The molecule has 2 heteroatoms. The van der Waals surface area contributed by atoms with Gasteiger partial charge in [0, 0.05) is 17.5 Å². The van der Waals surface area contributed by atoms with Gasteiger partial charge in [-0.2, -0.15) is 0 Å². The summed E-state index contributed by atoms with van der Waals surface area (Å²) in [6.07, 6.45) is 14.4. The number of benzene rings is 1. The van der Waals surface area contributed by atoms with Gasteiger partial charge in [0.2, 0.25) is 0 Å². The van der Waals surface area contributed by atoms with Gasteiger partial charge in [-0.15, -0.1) is 0 Å².